The Hall–Kier alpha value is -0.610. The predicted molar refractivity (Wildman–Crippen MR) is 69.3 cm³/mol. The van der Waals surface area contributed by atoms with Gasteiger partial charge in [0, 0.05) is 6.04 Å². The Morgan fingerprint density at radius 1 is 1.35 bits per heavy atom. The number of hydrogen-bond acceptors (Lipinski definition) is 3. The van der Waals surface area contributed by atoms with E-state index >= 15 is 0 Å². The molecular formula is C13H26N2O2. The van der Waals surface area contributed by atoms with E-state index in [4.69, 9.17) is 5.11 Å². The van der Waals surface area contributed by atoms with Crippen LogP contribution in [0.1, 0.15) is 39.5 Å². The molecule has 4 heteroatoms. The van der Waals surface area contributed by atoms with Gasteiger partial charge in [-0.25, -0.2) is 0 Å². The highest BCUT2D eigenvalue weighted by molar-refractivity contribution is 5.69. The summed E-state index contributed by atoms with van der Waals surface area (Å²) in [5.41, 5.74) is 0. The number of likely N-dealkylation sites (tertiary alicyclic amines) is 1. The van der Waals surface area contributed by atoms with Crippen molar-refractivity contribution < 1.29 is 9.90 Å². The van der Waals surface area contributed by atoms with Crippen LogP contribution in [0, 0.1) is 0 Å². The Kier molecular flexibility index (Phi) is 6.52. The number of carbonyl (C=O) groups is 1. The Morgan fingerprint density at radius 3 is 2.71 bits per heavy atom. The molecule has 0 aromatic heterocycles. The van der Waals surface area contributed by atoms with E-state index in [-0.39, 0.29) is 6.54 Å². The second-order valence-electron chi connectivity index (χ2n) is 4.88. The van der Waals surface area contributed by atoms with E-state index in [0.29, 0.717) is 6.04 Å². The summed E-state index contributed by atoms with van der Waals surface area (Å²) < 4.78 is 0. The summed E-state index contributed by atoms with van der Waals surface area (Å²) in [5.74, 6) is -0.699. The van der Waals surface area contributed by atoms with Crippen molar-refractivity contribution >= 4 is 5.97 Å². The van der Waals surface area contributed by atoms with Crippen LogP contribution in [0.5, 0.6) is 0 Å². The fraction of sp³-hybridized carbons (Fsp3) is 0.923. The highest BCUT2D eigenvalue weighted by Crippen LogP contribution is 2.17. The molecule has 1 saturated heterocycles. The predicted octanol–water partition coefficient (Wildman–Crippen LogP) is 1.66. The first kappa shape index (κ1) is 14.5. The fourth-order valence-corrected chi connectivity index (χ4v) is 2.67. The first-order valence-corrected chi connectivity index (χ1v) is 6.85. The molecule has 0 saturated carbocycles. The molecular weight excluding hydrogens is 216 g/mol. The zero-order chi connectivity index (χ0) is 12.7. The second kappa shape index (κ2) is 7.67. The van der Waals surface area contributed by atoms with Gasteiger partial charge >= 0.3 is 5.97 Å². The molecule has 4 nitrogen and oxygen atoms in total. The van der Waals surface area contributed by atoms with Gasteiger partial charge in [-0.15, -0.1) is 0 Å². The summed E-state index contributed by atoms with van der Waals surface area (Å²) >= 11 is 0. The van der Waals surface area contributed by atoms with E-state index in [0.717, 1.165) is 38.9 Å². The van der Waals surface area contributed by atoms with Gasteiger partial charge in [0.05, 0.1) is 6.54 Å². The molecule has 1 aliphatic heterocycles. The van der Waals surface area contributed by atoms with Crippen molar-refractivity contribution in [2.45, 2.75) is 45.6 Å². The molecule has 0 aromatic rings. The zero-order valence-electron chi connectivity index (χ0n) is 11.2. The maximum absolute atomic E-state index is 10.9. The van der Waals surface area contributed by atoms with E-state index in [1.165, 1.54) is 13.0 Å². The van der Waals surface area contributed by atoms with E-state index in [2.05, 4.69) is 23.6 Å². The lowest BCUT2D eigenvalue weighted by Crippen LogP contribution is -2.40. The van der Waals surface area contributed by atoms with Gasteiger partial charge in [-0.2, -0.15) is 0 Å². The lowest BCUT2D eigenvalue weighted by Gasteiger charge is -2.29. The molecule has 0 bridgehead atoms. The maximum Gasteiger partial charge on any atom is 0.317 e. The first-order valence-electron chi connectivity index (χ1n) is 6.85. The molecule has 0 amide bonds. The number of aliphatic carboxylic acids is 1. The monoisotopic (exact) mass is 242 g/mol. The molecule has 1 N–H and O–H groups in total. The van der Waals surface area contributed by atoms with Crippen molar-refractivity contribution in [1.29, 1.82) is 0 Å². The van der Waals surface area contributed by atoms with Gasteiger partial charge in [0.25, 0.3) is 0 Å². The molecule has 0 radical (unpaired) electrons. The summed E-state index contributed by atoms with van der Waals surface area (Å²) in [4.78, 5) is 15.5. The largest absolute Gasteiger partial charge is 0.480 e. The Bertz CT molecular complexity index is 233. The van der Waals surface area contributed by atoms with Gasteiger partial charge in [0.15, 0.2) is 0 Å². The Morgan fingerprint density at radius 2 is 2.12 bits per heavy atom. The van der Waals surface area contributed by atoms with E-state index < -0.39 is 5.97 Å². The minimum atomic E-state index is -0.699. The minimum absolute atomic E-state index is 0.199. The Balaban J connectivity index is 2.51. The highest BCUT2D eigenvalue weighted by atomic mass is 16.4. The number of carboxylic acid groups (broad SMARTS) is 1. The van der Waals surface area contributed by atoms with E-state index in [1.807, 2.05) is 0 Å². The lowest BCUT2D eigenvalue weighted by molar-refractivity contribution is -0.139. The number of hydrogen-bond donors (Lipinski definition) is 1. The van der Waals surface area contributed by atoms with Crippen molar-refractivity contribution in [3.63, 3.8) is 0 Å². The average Bonchev–Trinajstić information content (AvgIpc) is 2.53. The van der Waals surface area contributed by atoms with Crippen molar-refractivity contribution in [3.05, 3.63) is 0 Å². The molecule has 0 spiro atoms. The zero-order valence-corrected chi connectivity index (χ0v) is 11.2. The quantitative estimate of drug-likeness (QED) is 0.769. The summed E-state index contributed by atoms with van der Waals surface area (Å²) in [6.07, 6.45) is 4.48. The van der Waals surface area contributed by atoms with E-state index in [1.54, 1.807) is 0 Å². The molecule has 0 aliphatic carbocycles. The van der Waals surface area contributed by atoms with Crippen LogP contribution in [-0.4, -0.2) is 59.6 Å². The van der Waals surface area contributed by atoms with Crippen molar-refractivity contribution in [1.82, 2.24) is 9.80 Å². The van der Waals surface area contributed by atoms with Crippen LogP contribution in [-0.2, 0) is 4.79 Å². The number of carboxylic acids is 1. The fourth-order valence-electron chi connectivity index (χ4n) is 2.67. The Labute approximate surface area is 105 Å². The third kappa shape index (κ3) is 5.04. The summed E-state index contributed by atoms with van der Waals surface area (Å²) in [6, 6.07) is 0.461. The molecule has 1 atom stereocenters. The average molecular weight is 242 g/mol. The molecule has 1 rings (SSSR count). The SMILES string of the molecule is CCCN(CC(=O)O)C1CCCN(CC)CC1. The van der Waals surface area contributed by atoms with Crippen LogP contribution in [0.3, 0.4) is 0 Å². The van der Waals surface area contributed by atoms with Gasteiger partial charge in [-0.1, -0.05) is 13.8 Å². The molecule has 1 aliphatic rings. The van der Waals surface area contributed by atoms with Gasteiger partial charge in [-0.05, 0) is 51.9 Å². The van der Waals surface area contributed by atoms with Crippen molar-refractivity contribution in [3.8, 4) is 0 Å². The first-order chi connectivity index (χ1) is 8.17. The second-order valence-corrected chi connectivity index (χ2v) is 4.88. The topological polar surface area (TPSA) is 43.8 Å². The third-order valence-corrected chi connectivity index (χ3v) is 3.60. The molecule has 1 heterocycles. The van der Waals surface area contributed by atoms with Gasteiger partial charge in [0.1, 0.15) is 0 Å². The number of nitrogens with zero attached hydrogens (tertiary/aromatic N) is 2. The highest BCUT2D eigenvalue weighted by Gasteiger charge is 2.23. The molecule has 17 heavy (non-hydrogen) atoms. The summed E-state index contributed by atoms with van der Waals surface area (Å²) in [6.45, 7) is 8.81. The summed E-state index contributed by atoms with van der Waals surface area (Å²) in [7, 11) is 0. The van der Waals surface area contributed by atoms with Crippen LogP contribution in [0.25, 0.3) is 0 Å². The summed E-state index contributed by atoms with van der Waals surface area (Å²) in [5, 5.41) is 8.96. The molecule has 0 aromatic carbocycles. The van der Waals surface area contributed by atoms with Crippen molar-refractivity contribution in [2.75, 3.05) is 32.7 Å². The normalized spacial score (nSPS) is 22.6. The van der Waals surface area contributed by atoms with Crippen LogP contribution in [0.4, 0.5) is 0 Å². The smallest absolute Gasteiger partial charge is 0.317 e. The molecule has 1 fully saturated rings. The van der Waals surface area contributed by atoms with Crippen molar-refractivity contribution in [2.24, 2.45) is 0 Å². The van der Waals surface area contributed by atoms with Crippen LogP contribution in [0.15, 0.2) is 0 Å². The number of rotatable bonds is 6. The maximum atomic E-state index is 10.9. The van der Waals surface area contributed by atoms with Gasteiger partial charge in [-0.3, -0.25) is 9.69 Å². The van der Waals surface area contributed by atoms with Crippen LogP contribution >= 0.6 is 0 Å². The lowest BCUT2D eigenvalue weighted by atomic mass is 10.1. The van der Waals surface area contributed by atoms with Gasteiger partial charge in [0.2, 0.25) is 0 Å². The standard InChI is InChI=1S/C13H26N2O2/c1-3-8-15(11-13(16)17)12-6-5-9-14(4-2)10-7-12/h12H,3-11H2,1-2H3,(H,16,17). The van der Waals surface area contributed by atoms with E-state index in [9.17, 15) is 4.79 Å². The van der Waals surface area contributed by atoms with Gasteiger partial charge < -0.3 is 10.0 Å². The third-order valence-electron chi connectivity index (χ3n) is 3.60. The van der Waals surface area contributed by atoms with Crippen LogP contribution < -0.4 is 0 Å². The van der Waals surface area contributed by atoms with Crippen LogP contribution in [0.2, 0.25) is 0 Å². The molecule has 100 valence electrons. The molecule has 1 unspecified atom stereocenters. The minimum Gasteiger partial charge on any atom is -0.480 e.